The number of hydroxylamine groups is 1. The van der Waals surface area contributed by atoms with Gasteiger partial charge >= 0.3 is 17.9 Å². The van der Waals surface area contributed by atoms with Gasteiger partial charge in [0.2, 0.25) is 0 Å². The molecule has 64 valence electrons. The largest absolute Gasteiger partial charge is 0.460 e. The van der Waals surface area contributed by atoms with Gasteiger partial charge < -0.3 is 0 Å². The fourth-order valence-electron chi connectivity index (χ4n) is 0.268. The van der Waals surface area contributed by atoms with Crippen LogP contribution in [0.2, 0.25) is 0 Å². The van der Waals surface area contributed by atoms with Crippen molar-refractivity contribution in [3.05, 3.63) is 0 Å². The van der Waals surface area contributed by atoms with Crippen molar-refractivity contribution in [3.63, 3.8) is 0 Å². The van der Waals surface area contributed by atoms with Gasteiger partial charge in [-0.1, -0.05) is 0 Å². The van der Waals surface area contributed by atoms with E-state index in [1.807, 2.05) is 0 Å². The fraction of sp³-hybridized carbons (Fsp3) is 0.500. The number of rotatable bonds is 2. The Kier molecular flexibility index (Phi) is 2.99. The number of amides is 1. The summed E-state index contributed by atoms with van der Waals surface area (Å²) in [5.74, 6) is -4.32. The third-order valence-corrected chi connectivity index (χ3v) is 0.658. The van der Waals surface area contributed by atoms with Gasteiger partial charge in [0.15, 0.2) is 0 Å². The molecule has 0 rings (SSSR count). The van der Waals surface area contributed by atoms with Crippen molar-refractivity contribution in [2.24, 2.45) is 0 Å². The zero-order chi connectivity index (χ0) is 9.07. The minimum absolute atomic E-state index is 0.918. The number of carbonyl (C=O) groups excluding carboxylic acids is 2. The van der Waals surface area contributed by atoms with Crippen molar-refractivity contribution < 1.29 is 27.6 Å². The summed E-state index contributed by atoms with van der Waals surface area (Å²) in [6, 6.07) is 0. The maximum absolute atomic E-state index is 11.4. The van der Waals surface area contributed by atoms with Gasteiger partial charge in [0.1, 0.15) is 0 Å². The van der Waals surface area contributed by atoms with Gasteiger partial charge in [-0.05, 0) is 0 Å². The molecular weight excluding hydrogens is 167 g/mol. The van der Waals surface area contributed by atoms with E-state index in [-0.39, 0.29) is 0 Å². The first-order valence-corrected chi connectivity index (χ1v) is 2.34. The summed E-state index contributed by atoms with van der Waals surface area (Å²) >= 11 is 0. The Morgan fingerprint density at radius 2 is 1.82 bits per heavy atom. The second-order valence-electron chi connectivity index (χ2n) is 1.46. The van der Waals surface area contributed by atoms with E-state index < -0.39 is 17.9 Å². The van der Waals surface area contributed by atoms with Crippen LogP contribution in [-0.4, -0.2) is 25.0 Å². The zero-order valence-electron chi connectivity index (χ0n) is 5.36. The van der Waals surface area contributed by atoms with Gasteiger partial charge in [0.05, 0.1) is 7.11 Å². The highest BCUT2D eigenvalue weighted by molar-refractivity contribution is 6.38. The monoisotopic (exact) mass is 171 g/mol. The standard InChI is InChI=1S/C4H4F3NO3/c1-11-8-3(10)2(9)4(5,6)7/h1H3,(H,8,10). The lowest BCUT2D eigenvalue weighted by molar-refractivity contribution is -0.178. The number of carbonyl (C=O) groups is 2. The van der Waals surface area contributed by atoms with E-state index in [2.05, 4.69) is 4.84 Å². The normalized spacial score (nSPS) is 10.9. The lowest BCUT2D eigenvalue weighted by Crippen LogP contribution is -2.39. The van der Waals surface area contributed by atoms with Crippen LogP contribution in [0.25, 0.3) is 0 Å². The second kappa shape index (κ2) is 3.33. The first-order valence-electron chi connectivity index (χ1n) is 2.34. The molecule has 0 radical (unpaired) electrons. The molecule has 0 saturated heterocycles. The Hall–Kier alpha value is -1.11. The van der Waals surface area contributed by atoms with E-state index in [0.717, 1.165) is 7.11 Å². The summed E-state index contributed by atoms with van der Waals surface area (Å²) in [7, 11) is 0.918. The number of alkyl halides is 3. The third-order valence-electron chi connectivity index (χ3n) is 0.658. The number of hydrogen-bond donors (Lipinski definition) is 1. The molecule has 0 saturated carbocycles. The van der Waals surface area contributed by atoms with Crippen LogP contribution in [0.3, 0.4) is 0 Å². The van der Waals surface area contributed by atoms with Crippen molar-refractivity contribution >= 4 is 11.7 Å². The Morgan fingerprint density at radius 3 is 2.09 bits per heavy atom. The Morgan fingerprint density at radius 1 is 1.36 bits per heavy atom. The molecule has 0 fully saturated rings. The molecule has 0 aliphatic carbocycles. The molecule has 0 aliphatic heterocycles. The SMILES string of the molecule is CONC(=O)C(=O)C(F)(F)F. The van der Waals surface area contributed by atoms with E-state index in [9.17, 15) is 22.8 Å². The Bertz CT molecular complexity index is 176. The minimum Gasteiger partial charge on any atom is -0.278 e. The zero-order valence-corrected chi connectivity index (χ0v) is 5.36. The minimum atomic E-state index is -5.15. The molecule has 1 amide bonds. The fourth-order valence-corrected chi connectivity index (χ4v) is 0.268. The topological polar surface area (TPSA) is 55.4 Å². The lowest BCUT2D eigenvalue weighted by atomic mass is 10.4. The highest BCUT2D eigenvalue weighted by Crippen LogP contribution is 2.15. The first-order chi connectivity index (χ1) is 4.89. The molecule has 7 heteroatoms. The van der Waals surface area contributed by atoms with Crippen LogP contribution in [0, 0.1) is 0 Å². The van der Waals surface area contributed by atoms with Crippen molar-refractivity contribution in [1.82, 2.24) is 5.48 Å². The maximum Gasteiger partial charge on any atom is 0.460 e. The second-order valence-corrected chi connectivity index (χ2v) is 1.46. The molecular formula is C4H4F3NO3. The van der Waals surface area contributed by atoms with Gasteiger partial charge in [-0.25, -0.2) is 5.48 Å². The molecule has 0 aromatic carbocycles. The molecule has 11 heavy (non-hydrogen) atoms. The summed E-state index contributed by atoms with van der Waals surface area (Å²) in [6.45, 7) is 0. The van der Waals surface area contributed by atoms with Crippen molar-refractivity contribution in [1.29, 1.82) is 0 Å². The van der Waals surface area contributed by atoms with E-state index in [0.29, 0.717) is 0 Å². The number of hydrogen-bond acceptors (Lipinski definition) is 3. The quantitative estimate of drug-likeness (QED) is 0.462. The lowest BCUT2D eigenvalue weighted by Gasteiger charge is -2.03. The summed E-state index contributed by atoms with van der Waals surface area (Å²) < 4.78 is 34.1. The van der Waals surface area contributed by atoms with Crippen molar-refractivity contribution in [2.75, 3.05) is 7.11 Å². The van der Waals surface area contributed by atoms with Gasteiger partial charge in [-0.3, -0.25) is 14.4 Å². The maximum atomic E-state index is 11.4. The number of ketones is 1. The molecule has 1 N–H and O–H groups in total. The van der Waals surface area contributed by atoms with Crippen LogP contribution in [-0.2, 0) is 14.4 Å². The predicted molar refractivity (Wildman–Crippen MR) is 26.2 cm³/mol. The average Bonchev–Trinajstić information content (AvgIpc) is 1.85. The predicted octanol–water partition coefficient (Wildman–Crippen LogP) is -0.205. The van der Waals surface area contributed by atoms with Crippen LogP contribution >= 0.6 is 0 Å². The van der Waals surface area contributed by atoms with Crippen molar-refractivity contribution in [3.8, 4) is 0 Å². The molecule has 0 heterocycles. The van der Waals surface area contributed by atoms with Crippen LogP contribution in [0.5, 0.6) is 0 Å². The van der Waals surface area contributed by atoms with Crippen LogP contribution in [0.4, 0.5) is 13.2 Å². The molecule has 0 aromatic heterocycles. The third kappa shape index (κ3) is 2.99. The van der Waals surface area contributed by atoms with Gasteiger partial charge in [0.25, 0.3) is 0 Å². The smallest absolute Gasteiger partial charge is 0.278 e. The van der Waals surface area contributed by atoms with Crippen molar-refractivity contribution in [2.45, 2.75) is 6.18 Å². The molecule has 4 nitrogen and oxygen atoms in total. The molecule has 0 bridgehead atoms. The van der Waals surface area contributed by atoms with Gasteiger partial charge in [0, 0.05) is 0 Å². The number of Topliss-reactive ketones (excluding diaryl/α,β-unsaturated/α-hetero) is 1. The van der Waals surface area contributed by atoms with Crippen LogP contribution in [0.1, 0.15) is 0 Å². The van der Waals surface area contributed by atoms with E-state index >= 15 is 0 Å². The summed E-state index contributed by atoms with van der Waals surface area (Å²) in [4.78, 5) is 23.8. The highest BCUT2D eigenvalue weighted by Gasteiger charge is 2.43. The number of nitrogens with one attached hydrogen (secondary N) is 1. The molecule has 0 atom stereocenters. The molecule has 0 spiro atoms. The van der Waals surface area contributed by atoms with Crippen LogP contribution in [0.15, 0.2) is 0 Å². The van der Waals surface area contributed by atoms with E-state index in [1.165, 1.54) is 5.48 Å². The summed E-state index contributed by atoms with van der Waals surface area (Å²) in [5.41, 5.74) is 1.24. The highest BCUT2D eigenvalue weighted by atomic mass is 19.4. The van der Waals surface area contributed by atoms with Gasteiger partial charge in [-0.15, -0.1) is 0 Å². The molecule has 0 aromatic rings. The summed E-state index contributed by atoms with van der Waals surface area (Å²) in [5, 5.41) is 0. The van der Waals surface area contributed by atoms with E-state index in [4.69, 9.17) is 0 Å². The number of halogens is 3. The molecule has 0 unspecified atom stereocenters. The van der Waals surface area contributed by atoms with Crippen LogP contribution < -0.4 is 5.48 Å². The Labute approximate surface area is 59.3 Å². The average molecular weight is 171 g/mol. The first kappa shape index (κ1) is 9.89. The van der Waals surface area contributed by atoms with Gasteiger partial charge in [-0.2, -0.15) is 13.2 Å². The summed E-state index contributed by atoms with van der Waals surface area (Å²) in [6.07, 6.45) is -5.15. The van der Waals surface area contributed by atoms with E-state index in [1.54, 1.807) is 0 Å². The molecule has 0 aliphatic rings. The Balaban J connectivity index is 4.15.